The van der Waals surface area contributed by atoms with Gasteiger partial charge in [0, 0.05) is 13.1 Å². The summed E-state index contributed by atoms with van der Waals surface area (Å²) in [4.78, 5) is 36.1. The van der Waals surface area contributed by atoms with E-state index in [-0.39, 0.29) is 29.4 Å². The Labute approximate surface area is 217 Å². The second kappa shape index (κ2) is 9.14. The number of aryl methyl sites for hydroxylation is 1. The normalized spacial score (nSPS) is 14.9. The van der Waals surface area contributed by atoms with Crippen molar-refractivity contribution < 1.29 is 8.42 Å². The second-order valence-corrected chi connectivity index (χ2v) is 12.3. The fourth-order valence-corrected chi connectivity index (χ4v) is 7.88. The molecule has 11 heteroatoms. The first-order chi connectivity index (χ1) is 17.9. The highest BCUT2D eigenvalue weighted by Crippen LogP contribution is 2.30. The number of benzene rings is 1. The van der Waals surface area contributed by atoms with Crippen molar-refractivity contribution in [2.45, 2.75) is 49.3 Å². The van der Waals surface area contributed by atoms with Gasteiger partial charge < -0.3 is 0 Å². The largest absolute Gasteiger partial charge is 0.332 e. The van der Waals surface area contributed by atoms with Crippen LogP contribution in [0.4, 0.5) is 0 Å². The van der Waals surface area contributed by atoms with E-state index < -0.39 is 21.1 Å². The maximum absolute atomic E-state index is 13.5. The molecule has 1 aliphatic rings. The third-order valence-corrected chi connectivity index (χ3v) is 9.65. The lowest BCUT2D eigenvalue weighted by Gasteiger charge is -2.23. The summed E-state index contributed by atoms with van der Waals surface area (Å²) in [6, 6.07) is 14.6. The summed E-state index contributed by atoms with van der Waals surface area (Å²) in [5.41, 5.74) is 3.21. The van der Waals surface area contributed by atoms with Crippen molar-refractivity contribution in [3.63, 3.8) is 0 Å². The number of aromatic nitrogens is 5. The van der Waals surface area contributed by atoms with Gasteiger partial charge >= 0.3 is 5.69 Å². The number of hydrogen-bond acceptors (Lipinski definition) is 7. The van der Waals surface area contributed by atoms with Crippen molar-refractivity contribution in [2.75, 3.05) is 11.5 Å². The van der Waals surface area contributed by atoms with Gasteiger partial charge in [-0.1, -0.05) is 36.4 Å². The van der Waals surface area contributed by atoms with Crippen molar-refractivity contribution in [2.24, 2.45) is 0 Å². The van der Waals surface area contributed by atoms with Crippen LogP contribution in [0.2, 0.25) is 0 Å². The van der Waals surface area contributed by atoms with Crippen LogP contribution in [0.5, 0.6) is 0 Å². The number of imidazole rings is 2. The molecule has 0 aliphatic carbocycles. The molecule has 0 saturated carbocycles. The van der Waals surface area contributed by atoms with Gasteiger partial charge in [0.05, 0.1) is 17.0 Å². The van der Waals surface area contributed by atoms with Gasteiger partial charge in [-0.15, -0.1) is 11.8 Å². The summed E-state index contributed by atoms with van der Waals surface area (Å²) in [7, 11) is -3.73. The first-order valence-electron chi connectivity index (χ1n) is 12.2. The monoisotopic (exact) mass is 535 g/mol. The van der Waals surface area contributed by atoms with Gasteiger partial charge in [-0.3, -0.25) is 18.3 Å². The summed E-state index contributed by atoms with van der Waals surface area (Å²) in [6.45, 7) is 2.48. The van der Waals surface area contributed by atoms with E-state index in [1.54, 1.807) is 42.1 Å². The fraction of sp³-hybridized carbons (Fsp3) is 0.308. The van der Waals surface area contributed by atoms with Gasteiger partial charge in [0.15, 0.2) is 14.9 Å². The molecule has 0 fully saturated rings. The maximum Gasteiger partial charge on any atom is 0.332 e. The van der Waals surface area contributed by atoms with E-state index in [2.05, 4.69) is 9.38 Å². The van der Waals surface area contributed by atoms with E-state index in [1.807, 2.05) is 25.1 Å². The van der Waals surface area contributed by atoms with E-state index in [9.17, 15) is 18.0 Å². The number of fused-ring (bicyclic) bond motifs is 1. The molecule has 1 aromatic carbocycles. The minimum atomic E-state index is -3.73. The molecule has 5 heterocycles. The molecule has 0 N–H and O–H groups in total. The Morgan fingerprint density at radius 2 is 1.73 bits per heavy atom. The van der Waals surface area contributed by atoms with Crippen LogP contribution in [-0.2, 0) is 22.9 Å². The van der Waals surface area contributed by atoms with Crippen molar-refractivity contribution in [1.29, 1.82) is 0 Å². The number of nitrogens with zero attached hydrogens (tertiary/aromatic N) is 5. The molecule has 0 atom stereocenters. The molecule has 0 radical (unpaired) electrons. The average molecular weight is 536 g/mol. The highest BCUT2D eigenvalue weighted by molar-refractivity contribution is 7.99. The Morgan fingerprint density at radius 3 is 2.51 bits per heavy atom. The van der Waals surface area contributed by atoms with Gasteiger partial charge in [-0.2, -0.15) is 0 Å². The van der Waals surface area contributed by atoms with Gasteiger partial charge in [-0.25, -0.2) is 23.2 Å². The van der Waals surface area contributed by atoms with E-state index in [0.717, 1.165) is 39.7 Å². The topological polar surface area (TPSA) is 108 Å². The first kappa shape index (κ1) is 23.9. The third-order valence-electron chi connectivity index (χ3n) is 6.76. The Morgan fingerprint density at radius 1 is 0.973 bits per heavy atom. The van der Waals surface area contributed by atoms with E-state index in [1.165, 1.54) is 9.13 Å². The van der Waals surface area contributed by atoms with E-state index in [0.29, 0.717) is 18.4 Å². The maximum atomic E-state index is 13.5. The minimum absolute atomic E-state index is 0.0658. The molecule has 6 rings (SSSR count). The van der Waals surface area contributed by atoms with Crippen molar-refractivity contribution in [1.82, 2.24) is 23.5 Å². The quantitative estimate of drug-likeness (QED) is 0.179. The highest BCUT2D eigenvalue weighted by Gasteiger charge is 2.32. The lowest BCUT2D eigenvalue weighted by molar-refractivity contribution is 0.474. The lowest BCUT2D eigenvalue weighted by Crippen LogP contribution is -2.45. The standard InChI is InChI=1S/C26H25N5O4S2/c1-17-22-23(28-20-12-7-11-19(27-17)31(20)22)36-15-6-5-13-29-24(32)21(18-9-3-2-4-10-18)25-30(26(29)33)14-8-16-37(25,34)35/h2-4,7,9-12H,5-6,8,13-16H2,1H3. The SMILES string of the molecule is Cc1nc2cccc3nc(SCCCCn4c(=O)c(-c5ccccc5)c5n(c4=O)CCCS5(=O)=O)c1n23. The molecular weight excluding hydrogens is 510 g/mol. The number of unbranched alkanes of at least 4 members (excludes halogenated alkanes) is 1. The molecule has 0 bridgehead atoms. The van der Waals surface area contributed by atoms with Gasteiger partial charge in [-0.05, 0) is 49.6 Å². The third kappa shape index (κ3) is 3.97. The van der Waals surface area contributed by atoms with E-state index in [4.69, 9.17) is 4.98 Å². The van der Waals surface area contributed by atoms with Crippen LogP contribution < -0.4 is 11.2 Å². The fourth-order valence-electron chi connectivity index (χ4n) is 5.09. The van der Waals surface area contributed by atoms with Crippen LogP contribution in [-0.4, -0.2) is 43.4 Å². The zero-order valence-electron chi connectivity index (χ0n) is 20.3. The molecule has 0 unspecified atom stereocenters. The molecule has 9 nitrogen and oxygen atoms in total. The molecule has 37 heavy (non-hydrogen) atoms. The zero-order valence-corrected chi connectivity index (χ0v) is 21.9. The second-order valence-electron chi connectivity index (χ2n) is 9.21. The number of thioether (sulfide) groups is 1. The van der Waals surface area contributed by atoms with Crippen LogP contribution in [0.3, 0.4) is 0 Å². The van der Waals surface area contributed by atoms with Crippen LogP contribution in [0.1, 0.15) is 25.0 Å². The Bertz CT molecular complexity index is 1860. The summed E-state index contributed by atoms with van der Waals surface area (Å²) in [5, 5.41) is 0.779. The molecule has 5 aromatic rings. The highest BCUT2D eigenvalue weighted by atomic mass is 32.2. The Balaban J connectivity index is 1.25. The predicted octanol–water partition coefficient (Wildman–Crippen LogP) is 3.37. The molecule has 4 aromatic heterocycles. The Kier molecular flexibility index (Phi) is 5.91. The van der Waals surface area contributed by atoms with Gasteiger partial charge in [0.25, 0.3) is 5.56 Å². The molecule has 1 aliphatic heterocycles. The minimum Gasteiger partial charge on any atom is -0.283 e. The summed E-state index contributed by atoms with van der Waals surface area (Å²) < 4.78 is 30.4. The molecule has 0 amide bonds. The van der Waals surface area contributed by atoms with Crippen LogP contribution in [0.15, 0.2) is 68.2 Å². The molecular formula is C26H25N5O4S2. The van der Waals surface area contributed by atoms with Crippen LogP contribution >= 0.6 is 11.8 Å². The van der Waals surface area contributed by atoms with Gasteiger partial charge in [0.2, 0.25) is 0 Å². The average Bonchev–Trinajstić information content (AvgIpc) is 3.43. The summed E-state index contributed by atoms with van der Waals surface area (Å²) in [5.74, 6) is 0.699. The first-order valence-corrected chi connectivity index (χ1v) is 14.9. The smallest absolute Gasteiger partial charge is 0.283 e. The van der Waals surface area contributed by atoms with Crippen molar-refractivity contribution in [3.8, 4) is 11.1 Å². The molecule has 190 valence electrons. The number of hydrogen-bond donors (Lipinski definition) is 0. The zero-order chi connectivity index (χ0) is 25.7. The van der Waals surface area contributed by atoms with E-state index >= 15 is 0 Å². The van der Waals surface area contributed by atoms with Gasteiger partial charge in [0.1, 0.15) is 21.8 Å². The van der Waals surface area contributed by atoms with Crippen molar-refractivity contribution >= 4 is 38.4 Å². The lowest BCUT2D eigenvalue weighted by atomic mass is 10.1. The Hall–Kier alpha value is -3.44. The van der Waals surface area contributed by atoms with Crippen LogP contribution in [0, 0.1) is 6.92 Å². The number of rotatable bonds is 7. The number of sulfone groups is 1. The molecule has 0 spiro atoms. The summed E-state index contributed by atoms with van der Waals surface area (Å²) in [6.07, 6.45) is 1.71. The number of pyridine rings is 1. The summed E-state index contributed by atoms with van der Waals surface area (Å²) >= 11 is 1.64. The predicted molar refractivity (Wildman–Crippen MR) is 143 cm³/mol. The molecule has 0 saturated heterocycles. The van der Waals surface area contributed by atoms with Crippen LogP contribution in [0.25, 0.3) is 27.9 Å². The van der Waals surface area contributed by atoms with Crippen molar-refractivity contribution in [3.05, 3.63) is 75.1 Å².